The topological polar surface area (TPSA) is 37.7 Å². The molecule has 128 valence electrons. The van der Waals surface area contributed by atoms with Gasteiger partial charge in [-0.05, 0) is 47.0 Å². The Bertz CT molecular complexity index is 337. The van der Waals surface area contributed by atoms with Gasteiger partial charge in [0.05, 0.1) is 6.04 Å². The highest BCUT2D eigenvalue weighted by Gasteiger charge is 2.15. The fourth-order valence-corrected chi connectivity index (χ4v) is 3.10. The summed E-state index contributed by atoms with van der Waals surface area (Å²) in [5.74, 6) is 0. The zero-order valence-electron chi connectivity index (χ0n) is 15.5. The lowest BCUT2D eigenvalue weighted by molar-refractivity contribution is -0.955. The summed E-state index contributed by atoms with van der Waals surface area (Å²) in [5.41, 5.74) is 2.99. The normalized spacial score (nSPS) is 18.3. The standard InChI is InChI=1S/C19H37N3/c1-17(2)7-5-8-18(3)9-6-10-19(4)21-13-16-22-14-11-20-12-15-22/h7,9,19-21H,5-6,8,10-16H2,1-4H3/p+3/b18-9-/t19-/m1/s1. The first kappa shape index (κ1) is 19.4. The molecule has 0 unspecified atom stereocenters. The Morgan fingerprint density at radius 3 is 2.55 bits per heavy atom. The zero-order valence-corrected chi connectivity index (χ0v) is 15.5. The van der Waals surface area contributed by atoms with Gasteiger partial charge in [0.1, 0.15) is 39.3 Å². The van der Waals surface area contributed by atoms with Gasteiger partial charge in [-0.25, -0.2) is 0 Å². The molecule has 1 fully saturated rings. The van der Waals surface area contributed by atoms with Crippen molar-refractivity contribution in [2.45, 2.75) is 59.4 Å². The molecule has 0 radical (unpaired) electrons. The van der Waals surface area contributed by atoms with Crippen LogP contribution in [0, 0.1) is 0 Å². The monoisotopic (exact) mass is 310 g/mol. The molecule has 0 saturated carbocycles. The minimum Gasteiger partial charge on any atom is -0.339 e. The molecule has 1 heterocycles. The van der Waals surface area contributed by atoms with Crippen LogP contribution in [-0.4, -0.2) is 45.3 Å². The zero-order chi connectivity index (χ0) is 16.2. The maximum Gasteiger partial charge on any atom is 0.127 e. The Kier molecular flexibility index (Phi) is 10.5. The van der Waals surface area contributed by atoms with Crippen molar-refractivity contribution in [1.82, 2.24) is 0 Å². The predicted molar refractivity (Wildman–Crippen MR) is 95.1 cm³/mol. The van der Waals surface area contributed by atoms with Crippen molar-refractivity contribution in [1.29, 1.82) is 0 Å². The third kappa shape index (κ3) is 10.1. The SMILES string of the molecule is CC(C)=CCC/C(C)=C\CC[C@@H](C)[NH2+]CC[NH+]1CC[NH2+]CC1. The van der Waals surface area contributed by atoms with Crippen molar-refractivity contribution in [2.75, 3.05) is 39.3 Å². The molecule has 1 aliphatic heterocycles. The quantitative estimate of drug-likeness (QED) is 0.471. The molecule has 22 heavy (non-hydrogen) atoms. The molecule has 0 aromatic heterocycles. The van der Waals surface area contributed by atoms with Crippen molar-refractivity contribution in [3.05, 3.63) is 23.3 Å². The lowest BCUT2D eigenvalue weighted by atomic mass is 10.1. The predicted octanol–water partition coefficient (Wildman–Crippen LogP) is -0.127. The Balaban J connectivity index is 2.04. The van der Waals surface area contributed by atoms with Crippen LogP contribution >= 0.6 is 0 Å². The van der Waals surface area contributed by atoms with Gasteiger partial charge in [0, 0.05) is 6.42 Å². The highest BCUT2D eigenvalue weighted by atomic mass is 15.2. The Morgan fingerprint density at radius 1 is 1.14 bits per heavy atom. The third-order valence-electron chi connectivity index (χ3n) is 4.68. The number of allylic oxidation sites excluding steroid dienone is 4. The highest BCUT2D eigenvalue weighted by Crippen LogP contribution is 2.08. The van der Waals surface area contributed by atoms with Crippen LogP contribution in [0.2, 0.25) is 0 Å². The summed E-state index contributed by atoms with van der Waals surface area (Å²) in [6.07, 6.45) is 9.76. The van der Waals surface area contributed by atoms with E-state index in [-0.39, 0.29) is 0 Å². The number of hydrogen-bond donors (Lipinski definition) is 3. The molecule has 1 saturated heterocycles. The second kappa shape index (κ2) is 11.9. The maximum absolute atomic E-state index is 2.55. The number of rotatable bonds is 10. The van der Waals surface area contributed by atoms with E-state index >= 15 is 0 Å². The van der Waals surface area contributed by atoms with Gasteiger partial charge in [0.2, 0.25) is 0 Å². The van der Waals surface area contributed by atoms with Crippen molar-refractivity contribution in [2.24, 2.45) is 0 Å². The average molecular weight is 311 g/mol. The second-order valence-corrected chi connectivity index (χ2v) is 7.32. The van der Waals surface area contributed by atoms with E-state index in [0.717, 1.165) is 6.04 Å². The summed E-state index contributed by atoms with van der Waals surface area (Å²) in [6, 6.07) is 0.762. The van der Waals surface area contributed by atoms with Crippen LogP contribution in [0.1, 0.15) is 53.4 Å². The third-order valence-corrected chi connectivity index (χ3v) is 4.68. The first-order valence-corrected chi connectivity index (χ1v) is 9.35. The molecule has 1 rings (SSSR count). The first-order valence-electron chi connectivity index (χ1n) is 9.35. The highest BCUT2D eigenvalue weighted by molar-refractivity contribution is 5.02. The van der Waals surface area contributed by atoms with E-state index in [1.807, 2.05) is 0 Å². The molecule has 0 spiro atoms. The summed E-state index contributed by atoms with van der Waals surface area (Å²) in [6.45, 7) is 17.0. The van der Waals surface area contributed by atoms with Crippen LogP contribution < -0.4 is 15.5 Å². The van der Waals surface area contributed by atoms with Gasteiger partial charge in [-0.1, -0.05) is 23.3 Å². The van der Waals surface area contributed by atoms with Crippen molar-refractivity contribution < 1.29 is 15.5 Å². The minimum absolute atomic E-state index is 0.762. The van der Waals surface area contributed by atoms with E-state index < -0.39 is 0 Å². The Labute approximate surface area is 138 Å². The van der Waals surface area contributed by atoms with E-state index in [1.165, 1.54) is 70.5 Å². The second-order valence-electron chi connectivity index (χ2n) is 7.32. The minimum atomic E-state index is 0.762. The largest absolute Gasteiger partial charge is 0.339 e. The summed E-state index contributed by atoms with van der Waals surface area (Å²) < 4.78 is 0. The van der Waals surface area contributed by atoms with Crippen LogP contribution in [0.3, 0.4) is 0 Å². The number of nitrogens with two attached hydrogens (primary N) is 2. The van der Waals surface area contributed by atoms with Gasteiger partial charge in [0.15, 0.2) is 0 Å². The molecule has 0 bridgehead atoms. The summed E-state index contributed by atoms with van der Waals surface area (Å²) in [5, 5.41) is 5.00. The van der Waals surface area contributed by atoms with Crippen LogP contribution in [-0.2, 0) is 0 Å². The number of quaternary nitrogens is 3. The van der Waals surface area contributed by atoms with E-state index in [0.29, 0.717) is 0 Å². The van der Waals surface area contributed by atoms with Crippen LogP contribution in [0.5, 0.6) is 0 Å². The number of piperazine rings is 1. The van der Waals surface area contributed by atoms with Crippen molar-refractivity contribution in [3.63, 3.8) is 0 Å². The summed E-state index contributed by atoms with van der Waals surface area (Å²) in [4.78, 5) is 1.81. The molecule has 1 atom stereocenters. The van der Waals surface area contributed by atoms with Crippen LogP contribution in [0.15, 0.2) is 23.3 Å². The molecule has 0 aromatic rings. The van der Waals surface area contributed by atoms with Crippen LogP contribution in [0.25, 0.3) is 0 Å². The van der Waals surface area contributed by atoms with E-state index in [4.69, 9.17) is 0 Å². The molecule has 1 aliphatic rings. The van der Waals surface area contributed by atoms with E-state index in [1.54, 1.807) is 10.5 Å². The molecular weight excluding hydrogens is 270 g/mol. The summed E-state index contributed by atoms with van der Waals surface area (Å²) >= 11 is 0. The molecule has 3 heteroatoms. The Hall–Kier alpha value is -0.640. The maximum atomic E-state index is 2.55. The average Bonchev–Trinajstić information content (AvgIpc) is 2.48. The first-order chi connectivity index (χ1) is 10.6. The fraction of sp³-hybridized carbons (Fsp3) is 0.789. The van der Waals surface area contributed by atoms with E-state index in [2.05, 4.69) is 50.5 Å². The smallest absolute Gasteiger partial charge is 0.127 e. The Morgan fingerprint density at radius 2 is 1.86 bits per heavy atom. The van der Waals surface area contributed by atoms with Crippen molar-refractivity contribution in [3.8, 4) is 0 Å². The number of hydrogen-bond acceptors (Lipinski definition) is 0. The molecule has 5 N–H and O–H groups in total. The van der Waals surface area contributed by atoms with Crippen molar-refractivity contribution >= 4 is 0 Å². The van der Waals surface area contributed by atoms with Gasteiger partial charge in [-0.3, -0.25) is 0 Å². The fourth-order valence-electron chi connectivity index (χ4n) is 3.10. The molecular formula is C19H40N3+3. The van der Waals surface area contributed by atoms with Gasteiger partial charge in [-0.2, -0.15) is 0 Å². The van der Waals surface area contributed by atoms with Gasteiger partial charge < -0.3 is 15.5 Å². The molecule has 0 amide bonds. The van der Waals surface area contributed by atoms with Gasteiger partial charge >= 0.3 is 0 Å². The lowest BCUT2D eigenvalue weighted by Gasteiger charge is -2.22. The van der Waals surface area contributed by atoms with E-state index in [9.17, 15) is 0 Å². The summed E-state index contributed by atoms with van der Waals surface area (Å²) in [7, 11) is 0. The van der Waals surface area contributed by atoms with Crippen LogP contribution in [0.4, 0.5) is 0 Å². The van der Waals surface area contributed by atoms with Gasteiger partial charge in [0.25, 0.3) is 0 Å². The molecule has 0 aromatic carbocycles. The van der Waals surface area contributed by atoms with Gasteiger partial charge in [-0.15, -0.1) is 0 Å². The number of nitrogens with one attached hydrogen (secondary N) is 1. The molecule has 3 nitrogen and oxygen atoms in total. The molecule has 0 aliphatic carbocycles. The lowest BCUT2D eigenvalue weighted by Crippen LogP contribution is -3.22.